The van der Waals surface area contributed by atoms with Gasteiger partial charge in [0.1, 0.15) is 6.04 Å². The van der Waals surface area contributed by atoms with Crippen LogP contribution in [0.1, 0.15) is 55.4 Å². The molecule has 2 aromatic rings. The number of hydrogen-bond donors (Lipinski definition) is 1. The fourth-order valence-electron chi connectivity index (χ4n) is 3.65. The molecule has 2 amide bonds. The van der Waals surface area contributed by atoms with Crippen molar-refractivity contribution in [1.82, 2.24) is 10.2 Å². The maximum Gasteiger partial charge on any atom is 0.242 e. The SMILES string of the molecule is CCCCNC(=O)C(CC)N(Cc1ccccc1)C(=O)Cc1cc(C)cc(C)c1. The van der Waals surface area contributed by atoms with Crippen molar-refractivity contribution in [2.24, 2.45) is 0 Å². The van der Waals surface area contributed by atoms with Gasteiger partial charge in [-0.2, -0.15) is 0 Å². The summed E-state index contributed by atoms with van der Waals surface area (Å²) in [5, 5.41) is 3.00. The molecule has 1 unspecified atom stereocenters. The standard InChI is InChI=1S/C25H34N2O2/c1-5-7-13-26-25(29)23(6-2)27(18-21-11-9-8-10-12-21)24(28)17-22-15-19(3)14-20(4)16-22/h8-12,14-16,23H,5-7,13,17-18H2,1-4H3,(H,26,29). The number of aryl methyl sites for hydroxylation is 2. The number of benzene rings is 2. The van der Waals surface area contributed by atoms with Crippen LogP contribution in [0.25, 0.3) is 0 Å². The number of carbonyl (C=O) groups is 2. The van der Waals surface area contributed by atoms with Gasteiger partial charge in [-0.05, 0) is 37.8 Å². The van der Waals surface area contributed by atoms with E-state index in [1.807, 2.05) is 63.2 Å². The second kappa shape index (κ2) is 11.4. The third-order valence-electron chi connectivity index (χ3n) is 5.05. The number of carbonyl (C=O) groups excluding carboxylic acids is 2. The lowest BCUT2D eigenvalue weighted by molar-refractivity contribution is -0.140. The normalized spacial score (nSPS) is 11.7. The smallest absolute Gasteiger partial charge is 0.242 e. The molecule has 0 saturated heterocycles. The lowest BCUT2D eigenvalue weighted by atomic mass is 10.0. The molecule has 0 saturated carbocycles. The molecule has 29 heavy (non-hydrogen) atoms. The quantitative estimate of drug-likeness (QED) is 0.600. The summed E-state index contributed by atoms with van der Waals surface area (Å²) in [6, 6.07) is 15.6. The molecule has 4 nitrogen and oxygen atoms in total. The lowest BCUT2D eigenvalue weighted by Crippen LogP contribution is -2.49. The van der Waals surface area contributed by atoms with Crippen molar-refractivity contribution in [3.63, 3.8) is 0 Å². The van der Waals surface area contributed by atoms with Gasteiger partial charge in [-0.25, -0.2) is 0 Å². The van der Waals surface area contributed by atoms with Gasteiger partial charge in [0.15, 0.2) is 0 Å². The van der Waals surface area contributed by atoms with Crippen molar-refractivity contribution >= 4 is 11.8 Å². The first-order valence-corrected chi connectivity index (χ1v) is 10.6. The Morgan fingerprint density at radius 2 is 1.62 bits per heavy atom. The van der Waals surface area contributed by atoms with Crippen LogP contribution >= 0.6 is 0 Å². The van der Waals surface area contributed by atoms with Gasteiger partial charge in [0.05, 0.1) is 6.42 Å². The summed E-state index contributed by atoms with van der Waals surface area (Å²) >= 11 is 0. The fraction of sp³-hybridized carbons (Fsp3) is 0.440. The van der Waals surface area contributed by atoms with Crippen LogP contribution in [0.5, 0.6) is 0 Å². The molecule has 1 N–H and O–H groups in total. The molecule has 2 aromatic carbocycles. The molecule has 0 aliphatic heterocycles. The maximum atomic E-state index is 13.3. The molecule has 4 heteroatoms. The Labute approximate surface area is 175 Å². The van der Waals surface area contributed by atoms with E-state index in [0.717, 1.165) is 35.1 Å². The molecule has 0 fully saturated rings. The van der Waals surface area contributed by atoms with E-state index in [2.05, 4.69) is 18.3 Å². The van der Waals surface area contributed by atoms with E-state index in [1.165, 1.54) is 0 Å². The van der Waals surface area contributed by atoms with Gasteiger partial charge in [0, 0.05) is 13.1 Å². The van der Waals surface area contributed by atoms with Crippen molar-refractivity contribution in [3.05, 3.63) is 70.8 Å². The van der Waals surface area contributed by atoms with Crippen LogP contribution in [0.15, 0.2) is 48.5 Å². The highest BCUT2D eigenvalue weighted by molar-refractivity contribution is 5.88. The molecule has 0 spiro atoms. The Morgan fingerprint density at radius 3 is 2.21 bits per heavy atom. The third-order valence-corrected chi connectivity index (χ3v) is 5.05. The topological polar surface area (TPSA) is 49.4 Å². The predicted octanol–water partition coefficient (Wildman–Crippen LogP) is 4.57. The summed E-state index contributed by atoms with van der Waals surface area (Å²) in [6.07, 6.45) is 2.85. The minimum Gasteiger partial charge on any atom is -0.354 e. The summed E-state index contributed by atoms with van der Waals surface area (Å²) in [5.41, 5.74) is 4.31. The second-order valence-corrected chi connectivity index (χ2v) is 7.75. The molecule has 0 heterocycles. The predicted molar refractivity (Wildman–Crippen MR) is 119 cm³/mol. The molecule has 0 aliphatic carbocycles. The van der Waals surface area contributed by atoms with Crippen molar-refractivity contribution in [2.45, 2.75) is 66.0 Å². The van der Waals surface area contributed by atoms with Gasteiger partial charge >= 0.3 is 0 Å². The highest BCUT2D eigenvalue weighted by Gasteiger charge is 2.28. The molecule has 0 radical (unpaired) electrons. The molecule has 0 aromatic heterocycles. The first kappa shape index (κ1) is 22.7. The summed E-state index contributed by atoms with van der Waals surface area (Å²) in [6.45, 7) is 9.22. The molecular formula is C25H34N2O2. The summed E-state index contributed by atoms with van der Waals surface area (Å²) in [5.74, 6) is -0.0815. The summed E-state index contributed by atoms with van der Waals surface area (Å²) in [4.78, 5) is 27.9. The van der Waals surface area contributed by atoms with Crippen molar-refractivity contribution in [1.29, 1.82) is 0 Å². The first-order chi connectivity index (χ1) is 13.9. The zero-order chi connectivity index (χ0) is 21.2. The molecule has 0 aliphatic rings. The van der Waals surface area contributed by atoms with Crippen molar-refractivity contribution in [3.8, 4) is 0 Å². The number of unbranched alkanes of at least 4 members (excludes halogenated alkanes) is 1. The van der Waals surface area contributed by atoms with E-state index in [0.29, 0.717) is 25.9 Å². The molecule has 1 atom stereocenters. The van der Waals surface area contributed by atoms with Crippen molar-refractivity contribution < 1.29 is 9.59 Å². The number of nitrogens with one attached hydrogen (secondary N) is 1. The summed E-state index contributed by atoms with van der Waals surface area (Å²) < 4.78 is 0. The Hall–Kier alpha value is -2.62. The minimum atomic E-state index is -0.467. The van der Waals surface area contributed by atoms with E-state index in [-0.39, 0.29) is 11.8 Å². The van der Waals surface area contributed by atoms with E-state index >= 15 is 0 Å². The van der Waals surface area contributed by atoms with Crippen LogP contribution in [-0.4, -0.2) is 29.3 Å². The number of hydrogen-bond acceptors (Lipinski definition) is 2. The highest BCUT2D eigenvalue weighted by Crippen LogP contribution is 2.16. The zero-order valence-electron chi connectivity index (χ0n) is 18.2. The Bertz CT molecular complexity index is 781. The van der Waals surface area contributed by atoms with Crippen LogP contribution < -0.4 is 5.32 Å². The highest BCUT2D eigenvalue weighted by atomic mass is 16.2. The van der Waals surface area contributed by atoms with Gasteiger partial charge in [0.2, 0.25) is 11.8 Å². The first-order valence-electron chi connectivity index (χ1n) is 10.6. The Kier molecular flexibility index (Phi) is 8.91. The second-order valence-electron chi connectivity index (χ2n) is 7.75. The lowest BCUT2D eigenvalue weighted by Gasteiger charge is -2.31. The monoisotopic (exact) mass is 394 g/mol. The average molecular weight is 395 g/mol. The fourth-order valence-corrected chi connectivity index (χ4v) is 3.65. The van der Waals surface area contributed by atoms with Crippen LogP contribution in [0.3, 0.4) is 0 Å². The minimum absolute atomic E-state index is 0.0173. The Balaban J connectivity index is 2.24. The number of amides is 2. The van der Waals surface area contributed by atoms with Gasteiger partial charge < -0.3 is 10.2 Å². The molecular weight excluding hydrogens is 360 g/mol. The Morgan fingerprint density at radius 1 is 0.966 bits per heavy atom. The van der Waals surface area contributed by atoms with Crippen LogP contribution in [0.4, 0.5) is 0 Å². The van der Waals surface area contributed by atoms with Crippen LogP contribution in [-0.2, 0) is 22.6 Å². The zero-order valence-corrected chi connectivity index (χ0v) is 18.2. The van der Waals surface area contributed by atoms with E-state index < -0.39 is 6.04 Å². The number of rotatable bonds is 10. The van der Waals surface area contributed by atoms with E-state index in [9.17, 15) is 9.59 Å². The van der Waals surface area contributed by atoms with Gasteiger partial charge in [-0.1, -0.05) is 79.9 Å². The van der Waals surface area contributed by atoms with Crippen LogP contribution in [0.2, 0.25) is 0 Å². The van der Waals surface area contributed by atoms with Crippen LogP contribution in [0, 0.1) is 13.8 Å². The van der Waals surface area contributed by atoms with Gasteiger partial charge in [-0.15, -0.1) is 0 Å². The third kappa shape index (κ3) is 7.04. The number of nitrogens with zero attached hydrogens (tertiary/aromatic N) is 1. The molecule has 156 valence electrons. The molecule has 2 rings (SSSR count). The van der Waals surface area contributed by atoms with Crippen molar-refractivity contribution in [2.75, 3.05) is 6.54 Å². The van der Waals surface area contributed by atoms with Gasteiger partial charge in [0.25, 0.3) is 0 Å². The molecule has 0 bridgehead atoms. The average Bonchev–Trinajstić information content (AvgIpc) is 2.68. The maximum absolute atomic E-state index is 13.3. The summed E-state index contributed by atoms with van der Waals surface area (Å²) in [7, 11) is 0. The van der Waals surface area contributed by atoms with Gasteiger partial charge in [-0.3, -0.25) is 9.59 Å². The van der Waals surface area contributed by atoms with E-state index in [4.69, 9.17) is 0 Å². The largest absolute Gasteiger partial charge is 0.354 e. The van der Waals surface area contributed by atoms with E-state index in [1.54, 1.807) is 4.90 Å².